The second kappa shape index (κ2) is 7.17. The zero-order chi connectivity index (χ0) is 21.4. The average Bonchev–Trinajstić information content (AvgIpc) is 3.06. The van der Waals surface area contributed by atoms with Gasteiger partial charge in [-0.3, -0.25) is 4.40 Å². The van der Waals surface area contributed by atoms with E-state index in [1.807, 2.05) is 13.8 Å². The highest BCUT2D eigenvalue weighted by Crippen LogP contribution is 2.46. The van der Waals surface area contributed by atoms with Gasteiger partial charge in [-0.15, -0.1) is 0 Å². The number of carbonyl (C=O) groups is 1. The smallest absolute Gasteiger partial charge is 0.458 e. The van der Waals surface area contributed by atoms with E-state index in [0.29, 0.717) is 6.07 Å². The Morgan fingerprint density at radius 3 is 2.21 bits per heavy atom. The Balaban J connectivity index is 0.00000136. The molecule has 3 aromatic rings. The molecule has 0 amide bonds. The van der Waals surface area contributed by atoms with Crippen LogP contribution in [0.2, 0.25) is 0 Å². The van der Waals surface area contributed by atoms with E-state index in [0.717, 1.165) is 22.7 Å². The lowest BCUT2D eigenvalue weighted by Gasteiger charge is -2.22. The van der Waals surface area contributed by atoms with Gasteiger partial charge in [0.25, 0.3) is 0 Å². The van der Waals surface area contributed by atoms with Gasteiger partial charge in [0.2, 0.25) is 0 Å². The van der Waals surface area contributed by atoms with Crippen molar-refractivity contribution < 1.29 is 31.9 Å². The summed E-state index contributed by atoms with van der Waals surface area (Å²) in [4.78, 5) is 18.9. The Bertz CT molecular complexity index is 1070. The number of carboxylic acids is 1. The summed E-state index contributed by atoms with van der Waals surface area (Å²) < 4.78 is 67.9. The first-order chi connectivity index (χ1) is 12.9. The molecule has 0 bridgehead atoms. The number of imidazole rings is 1. The molecule has 5 nitrogen and oxygen atoms in total. The Morgan fingerprint density at radius 2 is 1.71 bits per heavy atom. The van der Waals surface area contributed by atoms with E-state index >= 15 is 0 Å². The summed E-state index contributed by atoms with van der Waals surface area (Å²) in [6, 6.07) is 2.79. The molecule has 10 heteroatoms. The third-order valence-electron chi connectivity index (χ3n) is 3.75. The van der Waals surface area contributed by atoms with Crippen LogP contribution in [0.5, 0.6) is 0 Å². The highest BCUT2D eigenvalue weighted by Gasteiger charge is 2.59. The molecule has 0 saturated carbocycles. The van der Waals surface area contributed by atoms with Crippen LogP contribution in [-0.4, -0.2) is 31.6 Å². The van der Waals surface area contributed by atoms with E-state index in [2.05, 4.69) is 16.5 Å². The number of nitrogens with zero attached hydrogens (tertiary/aromatic N) is 3. The number of fused-ring (bicyclic) bond motifs is 3. The van der Waals surface area contributed by atoms with Gasteiger partial charge in [-0.05, 0) is 30.7 Å². The molecule has 0 spiro atoms. The Morgan fingerprint density at radius 1 is 1.11 bits per heavy atom. The number of pyridine rings is 2. The molecule has 0 aromatic carbocycles. The molecule has 0 aliphatic rings. The van der Waals surface area contributed by atoms with Crippen molar-refractivity contribution in [2.75, 3.05) is 0 Å². The first-order valence-corrected chi connectivity index (χ1v) is 8.10. The van der Waals surface area contributed by atoms with Crippen LogP contribution in [0.4, 0.5) is 22.0 Å². The minimum atomic E-state index is -5.82. The predicted octanol–water partition coefficient (Wildman–Crippen LogP) is 5.29. The molecule has 0 aliphatic heterocycles. The van der Waals surface area contributed by atoms with Gasteiger partial charge >= 0.3 is 18.1 Å². The molecule has 150 valence electrons. The van der Waals surface area contributed by atoms with Crippen molar-refractivity contribution in [2.24, 2.45) is 0 Å². The lowest BCUT2D eigenvalue weighted by molar-refractivity contribution is -0.288. The van der Waals surface area contributed by atoms with Crippen LogP contribution in [0.1, 0.15) is 42.5 Å². The van der Waals surface area contributed by atoms with Gasteiger partial charge in [-0.25, -0.2) is 14.8 Å². The van der Waals surface area contributed by atoms with Crippen LogP contribution in [0.3, 0.4) is 0 Å². The van der Waals surface area contributed by atoms with Crippen molar-refractivity contribution in [3.05, 3.63) is 47.9 Å². The van der Waals surface area contributed by atoms with Gasteiger partial charge in [0.1, 0.15) is 11.3 Å². The van der Waals surface area contributed by atoms with Crippen LogP contribution in [0.15, 0.2) is 31.0 Å². The number of aromatic nitrogens is 3. The molecule has 1 N–H and O–H groups in total. The zero-order valence-electron chi connectivity index (χ0n) is 15.1. The molecule has 0 atom stereocenters. The zero-order valence-corrected chi connectivity index (χ0v) is 15.1. The fourth-order valence-electron chi connectivity index (χ4n) is 2.46. The van der Waals surface area contributed by atoms with Crippen LogP contribution < -0.4 is 0 Å². The van der Waals surface area contributed by atoms with Crippen LogP contribution >= 0.6 is 0 Å². The predicted molar refractivity (Wildman–Crippen MR) is 93.5 cm³/mol. The van der Waals surface area contributed by atoms with Gasteiger partial charge in [-0.2, -0.15) is 22.0 Å². The largest absolute Gasteiger partial charge is 0.476 e. The Labute approximate surface area is 156 Å². The standard InChI is InChI=1S/C16H10F5N3O2.C2H6/c1-7(2)10-5-9(15(17,18)16(19,20)21)8-3-4-12-22-11(14(25)26)6-24(12)13(8)23-10;1-2/h3-6H,1H2,2H3,(H,25,26);1-2H3. The fraction of sp³-hybridized carbons (Fsp3) is 0.278. The number of aromatic carboxylic acids is 1. The second-order valence-corrected chi connectivity index (χ2v) is 5.64. The lowest BCUT2D eigenvalue weighted by atomic mass is 10.0. The van der Waals surface area contributed by atoms with Crippen LogP contribution in [0, 0.1) is 0 Å². The Hall–Kier alpha value is -3.04. The third-order valence-corrected chi connectivity index (χ3v) is 3.75. The SMILES string of the molecule is C=C(C)c1cc(C(F)(F)C(F)(F)F)c2ccc3nc(C(=O)O)cn3c2n1.CC. The highest BCUT2D eigenvalue weighted by atomic mass is 19.4. The maximum absolute atomic E-state index is 14.1. The quantitative estimate of drug-likeness (QED) is 0.606. The van der Waals surface area contributed by atoms with E-state index in [4.69, 9.17) is 5.11 Å². The molecule has 3 rings (SSSR count). The molecule has 0 saturated heterocycles. The van der Waals surface area contributed by atoms with E-state index in [1.54, 1.807) is 0 Å². The summed E-state index contributed by atoms with van der Waals surface area (Å²) in [5, 5.41) is 8.54. The molecule has 0 aliphatic carbocycles. The maximum Gasteiger partial charge on any atom is 0.458 e. The fourth-order valence-corrected chi connectivity index (χ4v) is 2.46. The molecule has 3 heterocycles. The van der Waals surface area contributed by atoms with Gasteiger partial charge in [0.05, 0.1) is 5.69 Å². The summed E-state index contributed by atoms with van der Waals surface area (Å²) in [5.41, 5.74) is -1.93. The summed E-state index contributed by atoms with van der Waals surface area (Å²) in [6.45, 7) is 8.93. The highest BCUT2D eigenvalue weighted by molar-refractivity contribution is 5.89. The molecule has 0 fully saturated rings. The lowest BCUT2D eigenvalue weighted by Crippen LogP contribution is -2.34. The first kappa shape index (κ1) is 21.3. The van der Waals surface area contributed by atoms with Crippen LogP contribution in [0.25, 0.3) is 22.3 Å². The molecular weight excluding hydrogens is 385 g/mol. The minimum Gasteiger partial charge on any atom is -0.476 e. The van der Waals surface area contributed by atoms with E-state index in [1.165, 1.54) is 6.92 Å². The van der Waals surface area contributed by atoms with Crippen molar-refractivity contribution in [1.82, 2.24) is 14.4 Å². The van der Waals surface area contributed by atoms with E-state index in [-0.39, 0.29) is 22.6 Å². The number of hydrogen-bond donors (Lipinski definition) is 1. The molecule has 0 unspecified atom stereocenters. The van der Waals surface area contributed by atoms with Crippen molar-refractivity contribution in [3.63, 3.8) is 0 Å². The number of rotatable bonds is 3. The topological polar surface area (TPSA) is 67.5 Å². The van der Waals surface area contributed by atoms with Crippen molar-refractivity contribution in [1.29, 1.82) is 0 Å². The van der Waals surface area contributed by atoms with Crippen molar-refractivity contribution in [3.8, 4) is 0 Å². The molecular formula is C18H16F5N3O2. The number of carboxylic acid groups (broad SMARTS) is 1. The first-order valence-electron chi connectivity index (χ1n) is 8.10. The summed E-state index contributed by atoms with van der Waals surface area (Å²) >= 11 is 0. The van der Waals surface area contributed by atoms with Gasteiger partial charge in [-0.1, -0.05) is 20.4 Å². The molecule has 28 heavy (non-hydrogen) atoms. The third kappa shape index (κ3) is 3.41. The Kier molecular flexibility index (Phi) is 5.45. The minimum absolute atomic E-state index is 0.0440. The number of alkyl halides is 5. The number of allylic oxidation sites excluding steroid dienone is 1. The average molecular weight is 401 g/mol. The summed E-state index contributed by atoms with van der Waals surface area (Å²) in [7, 11) is 0. The van der Waals surface area contributed by atoms with Gasteiger partial charge in [0.15, 0.2) is 5.69 Å². The van der Waals surface area contributed by atoms with Crippen LogP contribution in [-0.2, 0) is 5.92 Å². The van der Waals surface area contributed by atoms with E-state index in [9.17, 15) is 26.7 Å². The second-order valence-electron chi connectivity index (χ2n) is 5.64. The molecule has 0 radical (unpaired) electrons. The monoisotopic (exact) mass is 401 g/mol. The van der Waals surface area contributed by atoms with Crippen molar-refractivity contribution in [2.45, 2.75) is 32.9 Å². The van der Waals surface area contributed by atoms with E-state index < -0.39 is 34.7 Å². The number of hydrogen-bond acceptors (Lipinski definition) is 3. The van der Waals surface area contributed by atoms with Gasteiger partial charge < -0.3 is 5.11 Å². The maximum atomic E-state index is 14.1. The normalized spacial score (nSPS) is 12.0. The van der Waals surface area contributed by atoms with Crippen molar-refractivity contribution >= 4 is 28.2 Å². The summed E-state index contributed by atoms with van der Waals surface area (Å²) in [6.07, 6.45) is -4.81. The molecule has 3 aromatic heterocycles. The summed E-state index contributed by atoms with van der Waals surface area (Å²) in [5.74, 6) is -6.51. The number of halogens is 5. The van der Waals surface area contributed by atoms with Gasteiger partial charge in [0, 0.05) is 17.1 Å².